The lowest BCUT2D eigenvalue weighted by molar-refractivity contribution is 0.135. The van der Waals surface area contributed by atoms with E-state index in [1.807, 2.05) is 18.2 Å². The Morgan fingerprint density at radius 3 is 2.54 bits per heavy atom. The van der Waals surface area contributed by atoms with Gasteiger partial charge in [0.05, 0.1) is 22.2 Å². The molecule has 0 atom stereocenters. The number of piperidine rings is 1. The summed E-state index contributed by atoms with van der Waals surface area (Å²) in [6.07, 6.45) is 1.23. The molecule has 0 aliphatic carbocycles. The summed E-state index contributed by atoms with van der Waals surface area (Å²) in [5.74, 6) is 0.786. The molecule has 1 saturated heterocycles. The van der Waals surface area contributed by atoms with Crippen LogP contribution in [-0.2, 0) is 10.0 Å². The summed E-state index contributed by atoms with van der Waals surface area (Å²) in [4.78, 5) is 4.83. The highest BCUT2D eigenvalue weighted by atomic mass is 79.9. The Morgan fingerprint density at radius 2 is 1.86 bits per heavy atom. The largest absolute Gasteiger partial charge is 0.497 e. The maximum Gasteiger partial charge on any atom is 0.274 e. The second-order valence-corrected chi connectivity index (χ2v) is 10.3. The van der Waals surface area contributed by atoms with Gasteiger partial charge in [-0.1, -0.05) is 27.3 Å². The molecule has 0 spiro atoms. The van der Waals surface area contributed by atoms with Gasteiger partial charge >= 0.3 is 0 Å². The summed E-state index contributed by atoms with van der Waals surface area (Å²) < 4.78 is 40.2. The van der Waals surface area contributed by atoms with E-state index >= 15 is 0 Å². The van der Waals surface area contributed by atoms with Crippen molar-refractivity contribution in [3.05, 3.63) is 46.9 Å². The lowest BCUT2D eigenvalue weighted by atomic mass is 10.1. The molecule has 9 heteroatoms. The molecule has 0 radical (unpaired) electrons. The fraction of sp³-hybridized carbons (Fsp3) is 0.316. The van der Waals surface area contributed by atoms with E-state index in [1.165, 1.54) is 15.6 Å². The lowest BCUT2D eigenvalue weighted by Gasteiger charge is -2.30. The first kappa shape index (κ1) is 19.6. The van der Waals surface area contributed by atoms with E-state index in [9.17, 15) is 8.42 Å². The smallest absolute Gasteiger partial charge is 0.274 e. The second-order valence-electron chi connectivity index (χ2n) is 6.49. The van der Waals surface area contributed by atoms with Crippen molar-refractivity contribution in [1.82, 2.24) is 9.29 Å². The van der Waals surface area contributed by atoms with E-state index in [0.29, 0.717) is 36.0 Å². The molecule has 0 amide bonds. The number of sulfonamides is 1. The lowest BCUT2D eigenvalue weighted by Crippen LogP contribution is -2.41. The number of thiazole rings is 1. The summed E-state index contributed by atoms with van der Waals surface area (Å²) in [5.41, 5.74) is 0.871. The molecular formula is C19H19BrN2O4S2. The van der Waals surface area contributed by atoms with Crippen molar-refractivity contribution in [3.63, 3.8) is 0 Å². The SMILES string of the molecule is COc1ccc2nc(OC3CCN(S(=O)(=O)c4ccc(Br)cc4)CC3)sc2c1. The molecule has 3 aromatic rings. The summed E-state index contributed by atoms with van der Waals surface area (Å²) in [5, 5.41) is 0.609. The highest BCUT2D eigenvalue weighted by molar-refractivity contribution is 9.10. The van der Waals surface area contributed by atoms with Crippen LogP contribution in [0.15, 0.2) is 51.8 Å². The fourth-order valence-corrected chi connectivity index (χ4v) is 5.79. The molecule has 2 aromatic carbocycles. The summed E-state index contributed by atoms with van der Waals surface area (Å²) >= 11 is 4.81. The standard InChI is InChI=1S/C19H19BrN2O4S2/c1-25-15-4-7-17-18(12-15)27-19(21-17)26-14-8-10-22(11-9-14)28(23,24)16-5-2-13(20)3-6-16/h2-7,12,14H,8-11H2,1H3. The van der Waals surface area contributed by atoms with E-state index in [1.54, 1.807) is 31.4 Å². The van der Waals surface area contributed by atoms with Crippen LogP contribution in [0.2, 0.25) is 0 Å². The number of rotatable bonds is 5. The van der Waals surface area contributed by atoms with Gasteiger partial charge in [0, 0.05) is 17.6 Å². The Morgan fingerprint density at radius 1 is 1.14 bits per heavy atom. The molecule has 6 nitrogen and oxygen atoms in total. The molecule has 0 saturated carbocycles. The van der Waals surface area contributed by atoms with Gasteiger partial charge in [-0.2, -0.15) is 4.31 Å². The molecule has 28 heavy (non-hydrogen) atoms. The minimum atomic E-state index is -3.47. The van der Waals surface area contributed by atoms with Gasteiger partial charge in [0.15, 0.2) is 0 Å². The van der Waals surface area contributed by atoms with Gasteiger partial charge in [0.2, 0.25) is 10.0 Å². The third-order valence-corrected chi connectivity index (χ3v) is 8.05. The molecular weight excluding hydrogens is 464 g/mol. The molecule has 0 unspecified atom stereocenters. The van der Waals surface area contributed by atoms with Crippen molar-refractivity contribution >= 4 is 47.5 Å². The minimum absolute atomic E-state index is 0.0428. The van der Waals surface area contributed by atoms with Crippen LogP contribution in [0.25, 0.3) is 10.2 Å². The highest BCUT2D eigenvalue weighted by Gasteiger charge is 2.30. The Kier molecular flexibility index (Phi) is 5.59. The van der Waals surface area contributed by atoms with Crippen LogP contribution in [0, 0.1) is 0 Å². The van der Waals surface area contributed by atoms with Gasteiger partial charge in [0.25, 0.3) is 5.19 Å². The van der Waals surface area contributed by atoms with E-state index in [-0.39, 0.29) is 6.10 Å². The molecule has 1 aliphatic heterocycles. The van der Waals surface area contributed by atoms with Crippen LogP contribution < -0.4 is 9.47 Å². The van der Waals surface area contributed by atoms with E-state index in [4.69, 9.17) is 9.47 Å². The van der Waals surface area contributed by atoms with Crippen molar-refractivity contribution in [2.24, 2.45) is 0 Å². The third kappa shape index (κ3) is 4.03. The Bertz CT molecular complexity index is 1080. The van der Waals surface area contributed by atoms with E-state index < -0.39 is 10.0 Å². The number of nitrogens with zero attached hydrogens (tertiary/aromatic N) is 2. The minimum Gasteiger partial charge on any atom is -0.497 e. The zero-order valence-electron chi connectivity index (χ0n) is 15.2. The number of ether oxygens (including phenoxy) is 2. The first-order valence-corrected chi connectivity index (χ1v) is 11.9. The topological polar surface area (TPSA) is 68.7 Å². The van der Waals surface area contributed by atoms with Crippen molar-refractivity contribution in [2.45, 2.75) is 23.8 Å². The summed E-state index contributed by atoms with van der Waals surface area (Å²) in [7, 11) is -1.84. The zero-order valence-corrected chi connectivity index (χ0v) is 18.4. The van der Waals surface area contributed by atoms with Gasteiger partial charge in [-0.25, -0.2) is 13.4 Å². The molecule has 1 fully saturated rings. The van der Waals surface area contributed by atoms with Crippen LogP contribution >= 0.6 is 27.3 Å². The maximum absolute atomic E-state index is 12.8. The number of hydrogen-bond donors (Lipinski definition) is 0. The number of aromatic nitrogens is 1. The molecule has 1 aliphatic rings. The average molecular weight is 483 g/mol. The van der Waals surface area contributed by atoms with Crippen molar-refractivity contribution < 1.29 is 17.9 Å². The average Bonchev–Trinajstić information content (AvgIpc) is 3.10. The van der Waals surface area contributed by atoms with Crippen LogP contribution in [0.5, 0.6) is 10.9 Å². The summed E-state index contributed by atoms with van der Waals surface area (Å²) in [6.45, 7) is 0.865. The second kappa shape index (κ2) is 7.98. The third-order valence-electron chi connectivity index (χ3n) is 4.70. The van der Waals surface area contributed by atoms with Gasteiger partial charge in [-0.3, -0.25) is 0 Å². The first-order valence-electron chi connectivity index (χ1n) is 8.83. The Balaban J connectivity index is 1.41. The van der Waals surface area contributed by atoms with Crippen LogP contribution in [0.3, 0.4) is 0 Å². The van der Waals surface area contributed by atoms with Gasteiger partial charge in [-0.05, 0) is 55.3 Å². The van der Waals surface area contributed by atoms with E-state index in [0.717, 1.165) is 20.4 Å². The molecule has 0 bridgehead atoms. The number of methoxy groups -OCH3 is 1. The molecule has 0 N–H and O–H groups in total. The van der Waals surface area contributed by atoms with Gasteiger partial charge in [-0.15, -0.1) is 0 Å². The molecule has 4 rings (SSSR count). The van der Waals surface area contributed by atoms with E-state index in [2.05, 4.69) is 20.9 Å². The van der Waals surface area contributed by atoms with Crippen LogP contribution in [-0.4, -0.2) is 44.0 Å². The monoisotopic (exact) mass is 482 g/mol. The van der Waals surface area contributed by atoms with Gasteiger partial charge < -0.3 is 9.47 Å². The molecule has 1 aromatic heterocycles. The fourth-order valence-electron chi connectivity index (χ4n) is 3.15. The predicted octanol–water partition coefficient (Wildman–Crippen LogP) is 4.30. The number of halogens is 1. The molecule has 2 heterocycles. The normalized spacial score (nSPS) is 16.4. The summed E-state index contributed by atoms with van der Waals surface area (Å²) in [6, 6.07) is 12.4. The quantitative estimate of drug-likeness (QED) is 0.542. The van der Waals surface area contributed by atoms with Crippen molar-refractivity contribution in [1.29, 1.82) is 0 Å². The highest BCUT2D eigenvalue weighted by Crippen LogP contribution is 2.32. The van der Waals surface area contributed by atoms with Crippen molar-refractivity contribution in [2.75, 3.05) is 20.2 Å². The predicted molar refractivity (Wildman–Crippen MR) is 113 cm³/mol. The Hall–Kier alpha value is -1.68. The van der Waals surface area contributed by atoms with Crippen LogP contribution in [0.1, 0.15) is 12.8 Å². The van der Waals surface area contributed by atoms with Gasteiger partial charge in [0.1, 0.15) is 11.9 Å². The van der Waals surface area contributed by atoms with Crippen molar-refractivity contribution in [3.8, 4) is 10.9 Å². The number of hydrogen-bond acceptors (Lipinski definition) is 6. The zero-order chi connectivity index (χ0) is 19.7. The maximum atomic E-state index is 12.8. The number of benzene rings is 2. The first-order chi connectivity index (χ1) is 13.5. The molecule has 148 valence electrons. The number of fused-ring (bicyclic) bond motifs is 1. The Labute approximate surface area is 176 Å². The van der Waals surface area contributed by atoms with Crippen LogP contribution in [0.4, 0.5) is 0 Å².